The number of piperazine rings is 1. The zero-order chi connectivity index (χ0) is 20.4. The third-order valence-corrected chi connectivity index (χ3v) is 5.69. The second-order valence-corrected chi connectivity index (χ2v) is 7.70. The second kappa shape index (κ2) is 8.21. The number of fused-ring (bicyclic) bond motifs is 1. The van der Waals surface area contributed by atoms with Crippen LogP contribution < -0.4 is 15.8 Å². The molecule has 2 aliphatic heterocycles. The first-order chi connectivity index (χ1) is 14.1. The van der Waals surface area contributed by atoms with Gasteiger partial charge in [0.15, 0.2) is 0 Å². The predicted molar refractivity (Wildman–Crippen MR) is 121 cm³/mol. The van der Waals surface area contributed by atoms with Crippen LogP contribution in [0.1, 0.15) is 31.4 Å². The van der Waals surface area contributed by atoms with Gasteiger partial charge in [-0.15, -0.1) is 0 Å². The number of hydrogen-bond donors (Lipinski definition) is 2. The summed E-state index contributed by atoms with van der Waals surface area (Å²) in [4.78, 5) is 23.1. The van der Waals surface area contributed by atoms with E-state index in [-0.39, 0.29) is 5.56 Å². The highest BCUT2D eigenvalue weighted by Crippen LogP contribution is 2.29. The summed E-state index contributed by atoms with van der Waals surface area (Å²) in [6.45, 7) is 9.32. The van der Waals surface area contributed by atoms with E-state index in [2.05, 4.69) is 54.2 Å². The standard InChI is InChI=1S/C24H28N4O/c1-4-20(23-19-8-6-5-7-9-21(19)27-24(23)29)26-22-14-18(11-10-16(22)2)28-13-12-25-15-17(28)3/h5-11,14,17,25H,4,12-13,15H2,1-3H3,(H,27,29). The molecule has 150 valence electrons. The molecule has 1 saturated heterocycles. The summed E-state index contributed by atoms with van der Waals surface area (Å²) < 4.78 is 0. The van der Waals surface area contributed by atoms with Crippen molar-refractivity contribution in [2.45, 2.75) is 33.2 Å². The summed E-state index contributed by atoms with van der Waals surface area (Å²) in [6, 6.07) is 16.7. The third kappa shape index (κ3) is 3.83. The Morgan fingerprint density at radius 2 is 2.03 bits per heavy atom. The molecule has 1 aromatic carbocycles. The highest BCUT2D eigenvalue weighted by atomic mass is 16.1. The molecule has 1 aliphatic carbocycles. The van der Waals surface area contributed by atoms with E-state index < -0.39 is 0 Å². The van der Waals surface area contributed by atoms with Gasteiger partial charge in [0.2, 0.25) is 0 Å². The fraction of sp³-hybridized carbons (Fsp3) is 0.333. The Balaban J connectivity index is 1.78. The van der Waals surface area contributed by atoms with Gasteiger partial charge in [0.25, 0.3) is 5.56 Å². The maximum atomic E-state index is 12.7. The van der Waals surface area contributed by atoms with Crippen molar-refractivity contribution in [1.82, 2.24) is 10.3 Å². The van der Waals surface area contributed by atoms with E-state index in [0.29, 0.717) is 18.0 Å². The van der Waals surface area contributed by atoms with Crippen LogP contribution in [0.5, 0.6) is 0 Å². The monoisotopic (exact) mass is 388 g/mol. The Morgan fingerprint density at radius 3 is 2.83 bits per heavy atom. The molecular formula is C24H28N4O. The number of aromatic amines is 1. The van der Waals surface area contributed by atoms with E-state index in [1.54, 1.807) is 0 Å². The van der Waals surface area contributed by atoms with Crippen LogP contribution in [0.3, 0.4) is 0 Å². The van der Waals surface area contributed by atoms with Gasteiger partial charge < -0.3 is 15.2 Å². The number of nitrogens with zero attached hydrogens (tertiary/aromatic N) is 2. The van der Waals surface area contributed by atoms with Crippen molar-refractivity contribution in [3.8, 4) is 11.3 Å². The molecule has 3 aliphatic rings. The maximum Gasteiger partial charge on any atom is 0.258 e. The lowest BCUT2D eigenvalue weighted by atomic mass is 10.0. The van der Waals surface area contributed by atoms with E-state index in [9.17, 15) is 4.79 Å². The van der Waals surface area contributed by atoms with Crippen molar-refractivity contribution in [3.63, 3.8) is 0 Å². The van der Waals surface area contributed by atoms with Gasteiger partial charge in [-0.3, -0.25) is 9.79 Å². The zero-order valence-electron chi connectivity index (χ0n) is 17.3. The minimum atomic E-state index is -0.0728. The lowest BCUT2D eigenvalue weighted by molar-refractivity contribution is 0.501. The van der Waals surface area contributed by atoms with Crippen LogP contribution in [-0.4, -0.2) is 36.4 Å². The Hall–Kier alpha value is -2.92. The average Bonchev–Trinajstić information content (AvgIpc) is 2.87. The zero-order valence-corrected chi connectivity index (χ0v) is 17.3. The van der Waals surface area contributed by atoms with Crippen LogP contribution in [0.4, 0.5) is 11.4 Å². The van der Waals surface area contributed by atoms with Crippen LogP contribution in [0.15, 0.2) is 58.3 Å². The van der Waals surface area contributed by atoms with Crippen molar-refractivity contribution in [2.24, 2.45) is 4.99 Å². The lowest BCUT2D eigenvalue weighted by Crippen LogP contribution is -2.49. The molecule has 5 heteroatoms. The van der Waals surface area contributed by atoms with Crippen molar-refractivity contribution < 1.29 is 0 Å². The van der Waals surface area contributed by atoms with Gasteiger partial charge in [0.05, 0.1) is 17.0 Å². The first-order valence-electron chi connectivity index (χ1n) is 10.4. The van der Waals surface area contributed by atoms with Crippen LogP contribution in [0, 0.1) is 6.92 Å². The van der Waals surface area contributed by atoms with E-state index in [1.807, 2.05) is 30.3 Å². The molecule has 2 heterocycles. The Bertz CT molecular complexity index is 1070. The summed E-state index contributed by atoms with van der Waals surface area (Å²) in [5.74, 6) is 0. The first-order valence-corrected chi connectivity index (χ1v) is 10.4. The number of anilines is 1. The van der Waals surface area contributed by atoms with Crippen LogP contribution in [-0.2, 0) is 0 Å². The predicted octanol–water partition coefficient (Wildman–Crippen LogP) is 4.12. The smallest absolute Gasteiger partial charge is 0.258 e. The van der Waals surface area contributed by atoms with Gasteiger partial charge in [0, 0.05) is 42.6 Å². The number of benzene rings is 1. The summed E-state index contributed by atoms with van der Waals surface area (Å²) >= 11 is 0. The summed E-state index contributed by atoms with van der Waals surface area (Å²) in [6.07, 6.45) is 0.689. The fourth-order valence-corrected chi connectivity index (χ4v) is 4.05. The Labute approximate surface area is 171 Å². The molecular weight excluding hydrogens is 360 g/mol. The summed E-state index contributed by atoms with van der Waals surface area (Å²) in [7, 11) is 0. The molecule has 0 bridgehead atoms. The van der Waals surface area contributed by atoms with E-state index >= 15 is 0 Å². The molecule has 0 saturated carbocycles. The maximum absolute atomic E-state index is 12.7. The first kappa shape index (κ1) is 19.4. The number of H-pyrrole nitrogens is 1. The van der Waals surface area contributed by atoms with Gasteiger partial charge in [-0.05, 0) is 44.0 Å². The van der Waals surface area contributed by atoms with Crippen LogP contribution in [0.25, 0.3) is 11.3 Å². The molecule has 4 rings (SSSR count). The number of aliphatic imine (C=N–C) groups is 1. The number of aromatic nitrogens is 1. The van der Waals surface area contributed by atoms with Crippen molar-refractivity contribution in [3.05, 3.63) is 70.0 Å². The number of hydrogen-bond acceptors (Lipinski definition) is 4. The largest absolute Gasteiger partial charge is 0.366 e. The molecule has 5 nitrogen and oxygen atoms in total. The van der Waals surface area contributed by atoms with Crippen LogP contribution in [0.2, 0.25) is 0 Å². The highest BCUT2D eigenvalue weighted by molar-refractivity contribution is 6.07. The van der Waals surface area contributed by atoms with Gasteiger partial charge in [-0.2, -0.15) is 0 Å². The number of rotatable bonds is 4. The number of aryl methyl sites for hydroxylation is 1. The molecule has 1 atom stereocenters. The lowest BCUT2D eigenvalue weighted by Gasteiger charge is -2.36. The SMILES string of the molecule is CCC(=Nc1cc(N2CCNCC2C)ccc1C)c1c2cccccc-2[nH]c1=O. The van der Waals surface area contributed by atoms with Gasteiger partial charge in [0.1, 0.15) is 0 Å². The normalized spacial score (nSPS) is 17.7. The molecule has 1 aromatic rings. The highest BCUT2D eigenvalue weighted by Gasteiger charge is 2.20. The molecule has 2 N–H and O–H groups in total. The van der Waals surface area contributed by atoms with Crippen molar-refractivity contribution in [2.75, 3.05) is 24.5 Å². The Morgan fingerprint density at radius 1 is 1.21 bits per heavy atom. The van der Waals surface area contributed by atoms with E-state index in [0.717, 1.165) is 47.9 Å². The molecule has 29 heavy (non-hydrogen) atoms. The van der Waals surface area contributed by atoms with Gasteiger partial charge in [-0.1, -0.05) is 37.3 Å². The minimum Gasteiger partial charge on any atom is -0.366 e. The van der Waals surface area contributed by atoms with E-state index in [1.165, 1.54) is 5.69 Å². The molecule has 0 spiro atoms. The van der Waals surface area contributed by atoms with E-state index in [4.69, 9.17) is 4.99 Å². The minimum absolute atomic E-state index is 0.0728. The number of nitrogens with one attached hydrogen (secondary N) is 2. The third-order valence-electron chi connectivity index (χ3n) is 5.69. The molecule has 1 fully saturated rings. The van der Waals surface area contributed by atoms with Crippen LogP contribution >= 0.6 is 0 Å². The van der Waals surface area contributed by atoms with Gasteiger partial charge in [-0.25, -0.2) is 0 Å². The molecule has 0 radical (unpaired) electrons. The van der Waals surface area contributed by atoms with Crippen molar-refractivity contribution in [1.29, 1.82) is 0 Å². The fourth-order valence-electron chi connectivity index (χ4n) is 4.05. The second-order valence-electron chi connectivity index (χ2n) is 7.70. The molecule has 1 unspecified atom stereocenters. The average molecular weight is 389 g/mol. The molecule has 0 aromatic heterocycles. The van der Waals surface area contributed by atoms with Gasteiger partial charge >= 0.3 is 0 Å². The topological polar surface area (TPSA) is 60.5 Å². The quantitative estimate of drug-likeness (QED) is 0.661. The summed E-state index contributed by atoms with van der Waals surface area (Å²) in [5, 5.41) is 3.44. The Kier molecular flexibility index (Phi) is 5.49. The van der Waals surface area contributed by atoms with Crippen molar-refractivity contribution >= 4 is 17.1 Å². The molecule has 0 amide bonds. The summed E-state index contributed by atoms with van der Waals surface area (Å²) in [5.41, 5.74) is 6.42.